The van der Waals surface area contributed by atoms with Crippen molar-refractivity contribution in [2.24, 2.45) is 5.92 Å². The van der Waals surface area contributed by atoms with Gasteiger partial charge >= 0.3 is 0 Å². The Bertz CT molecular complexity index is 962. The van der Waals surface area contributed by atoms with E-state index >= 15 is 0 Å². The van der Waals surface area contributed by atoms with E-state index in [1.807, 2.05) is 13.8 Å². The van der Waals surface area contributed by atoms with E-state index in [4.69, 9.17) is 23.2 Å². The molecule has 1 unspecified atom stereocenters. The standard InChI is InChI=1S/C21H21Cl2N3O3/c1-12(2)24-20(28)13-6-7-17(23)18(8-13)25-21(29)14-9-19(27)26(11-14)16-5-3-4-15(22)10-16/h3-8,10,12,14H,9,11H2,1-2H3,(H,24,28)(H,25,29). The van der Waals surface area contributed by atoms with Crippen LogP contribution in [0, 0.1) is 5.92 Å². The van der Waals surface area contributed by atoms with Crippen LogP contribution in [0.2, 0.25) is 10.0 Å². The highest BCUT2D eigenvalue weighted by atomic mass is 35.5. The van der Waals surface area contributed by atoms with Gasteiger partial charge in [0.05, 0.1) is 16.6 Å². The molecular formula is C21H21Cl2N3O3. The Hall–Kier alpha value is -2.57. The molecule has 0 aromatic heterocycles. The van der Waals surface area contributed by atoms with E-state index in [1.165, 1.54) is 6.07 Å². The first-order valence-corrected chi connectivity index (χ1v) is 9.97. The van der Waals surface area contributed by atoms with Crippen LogP contribution in [0.15, 0.2) is 42.5 Å². The van der Waals surface area contributed by atoms with Gasteiger partial charge in [0.15, 0.2) is 0 Å². The zero-order valence-electron chi connectivity index (χ0n) is 16.0. The molecule has 1 aliphatic rings. The topological polar surface area (TPSA) is 78.5 Å². The molecule has 1 atom stereocenters. The van der Waals surface area contributed by atoms with Gasteiger partial charge in [-0.05, 0) is 50.2 Å². The van der Waals surface area contributed by atoms with Gasteiger partial charge in [-0.3, -0.25) is 14.4 Å². The summed E-state index contributed by atoms with van der Waals surface area (Å²) in [7, 11) is 0. The SMILES string of the molecule is CC(C)NC(=O)c1ccc(Cl)c(NC(=O)C2CC(=O)N(c3cccc(Cl)c3)C2)c1. The lowest BCUT2D eigenvalue weighted by Gasteiger charge is -2.17. The van der Waals surface area contributed by atoms with Crippen LogP contribution in [0.25, 0.3) is 0 Å². The van der Waals surface area contributed by atoms with Crippen molar-refractivity contribution in [2.45, 2.75) is 26.3 Å². The van der Waals surface area contributed by atoms with Crippen LogP contribution in [0.4, 0.5) is 11.4 Å². The van der Waals surface area contributed by atoms with E-state index in [0.717, 1.165) is 0 Å². The number of nitrogens with zero attached hydrogens (tertiary/aromatic N) is 1. The molecule has 1 heterocycles. The van der Waals surface area contributed by atoms with Crippen molar-refractivity contribution in [1.82, 2.24) is 5.32 Å². The van der Waals surface area contributed by atoms with Crippen LogP contribution < -0.4 is 15.5 Å². The van der Waals surface area contributed by atoms with E-state index in [1.54, 1.807) is 41.3 Å². The third kappa shape index (κ3) is 5.08. The van der Waals surface area contributed by atoms with Gasteiger partial charge in [0.25, 0.3) is 5.91 Å². The zero-order chi connectivity index (χ0) is 21.1. The van der Waals surface area contributed by atoms with E-state index in [2.05, 4.69) is 10.6 Å². The van der Waals surface area contributed by atoms with Crippen LogP contribution in [0.5, 0.6) is 0 Å². The summed E-state index contributed by atoms with van der Waals surface area (Å²) >= 11 is 12.2. The largest absolute Gasteiger partial charge is 0.350 e. The number of carbonyl (C=O) groups is 3. The fourth-order valence-corrected chi connectivity index (χ4v) is 3.47. The summed E-state index contributed by atoms with van der Waals surface area (Å²) in [5.74, 6) is -1.27. The fraction of sp³-hybridized carbons (Fsp3) is 0.286. The molecular weight excluding hydrogens is 413 g/mol. The average Bonchev–Trinajstić information content (AvgIpc) is 3.05. The molecule has 0 aliphatic carbocycles. The molecule has 0 bridgehead atoms. The zero-order valence-corrected chi connectivity index (χ0v) is 17.6. The molecule has 3 rings (SSSR count). The van der Waals surface area contributed by atoms with Crippen LogP contribution in [0.1, 0.15) is 30.6 Å². The Kier molecular flexibility index (Phi) is 6.45. The number of halogens is 2. The van der Waals surface area contributed by atoms with Crippen molar-refractivity contribution in [3.63, 3.8) is 0 Å². The van der Waals surface area contributed by atoms with E-state index in [-0.39, 0.29) is 36.7 Å². The molecule has 0 saturated carbocycles. The van der Waals surface area contributed by atoms with Crippen LogP contribution >= 0.6 is 23.2 Å². The number of benzene rings is 2. The first-order chi connectivity index (χ1) is 13.7. The second-order valence-electron chi connectivity index (χ2n) is 7.20. The van der Waals surface area contributed by atoms with Gasteiger partial charge in [0.2, 0.25) is 11.8 Å². The molecule has 6 nitrogen and oxygen atoms in total. The summed E-state index contributed by atoms with van der Waals surface area (Å²) in [5, 5.41) is 6.38. The molecule has 1 fully saturated rings. The normalized spacial score (nSPS) is 16.2. The highest BCUT2D eigenvalue weighted by molar-refractivity contribution is 6.34. The van der Waals surface area contributed by atoms with Crippen molar-refractivity contribution in [2.75, 3.05) is 16.8 Å². The summed E-state index contributed by atoms with van der Waals surface area (Å²) in [6.07, 6.45) is 0.0868. The molecule has 2 aromatic rings. The lowest BCUT2D eigenvalue weighted by Crippen LogP contribution is -2.30. The van der Waals surface area contributed by atoms with Gasteiger partial charge in [0.1, 0.15) is 0 Å². The monoisotopic (exact) mass is 433 g/mol. The third-order valence-electron chi connectivity index (χ3n) is 4.52. The third-order valence-corrected chi connectivity index (χ3v) is 5.09. The van der Waals surface area contributed by atoms with E-state index in [9.17, 15) is 14.4 Å². The Morgan fingerprint density at radius 2 is 1.90 bits per heavy atom. The first kappa shape index (κ1) is 21.1. The minimum Gasteiger partial charge on any atom is -0.350 e. The fourth-order valence-electron chi connectivity index (χ4n) is 3.12. The van der Waals surface area contributed by atoms with Gasteiger partial charge in [-0.15, -0.1) is 0 Å². The minimum atomic E-state index is -0.536. The van der Waals surface area contributed by atoms with Crippen molar-refractivity contribution in [3.8, 4) is 0 Å². The Balaban J connectivity index is 1.72. The number of hydrogen-bond acceptors (Lipinski definition) is 3. The van der Waals surface area contributed by atoms with Crippen molar-refractivity contribution in [1.29, 1.82) is 0 Å². The summed E-state index contributed by atoms with van der Waals surface area (Å²) in [5.41, 5.74) is 1.38. The molecule has 2 aromatic carbocycles. The van der Waals surface area contributed by atoms with Crippen LogP contribution in [0.3, 0.4) is 0 Å². The molecule has 0 spiro atoms. The highest BCUT2D eigenvalue weighted by Crippen LogP contribution is 2.29. The number of nitrogens with one attached hydrogen (secondary N) is 2. The number of amides is 3. The summed E-state index contributed by atoms with van der Waals surface area (Å²) in [6, 6.07) is 11.6. The summed E-state index contributed by atoms with van der Waals surface area (Å²) < 4.78 is 0. The molecule has 0 radical (unpaired) electrons. The van der Waals surface area contributed by atoms with Crippen LogP contribution in [-0.2, 0) is 9.59 Å². The molecule has 3 amide bonds. The Labute approximate surface area is 179 Å². The van der Waals surface area contributed by atoms with Crippen molar-refractivity contribution >= 4 is 52.3 Å². The molecule has 1 saturated heterocycles. The molecule has 8 heteroatoms. The van der Waals surface area contributed by atoms with Crippen LogP contribution in [-0.4, -0.2) is 30.3 Å². The lowest BCUT2D eigenvalue weighted by molar-refractivity contribution is -0.122. The molecule has 2 N–H and O–H groups in total. The van der Waals surface area contributed by atoms with Gasteiger partial charge in [-0.2, -0.15) is 0 Å². The smallest absolute Gasteiger partial charge is 0.251 e. The summed E-state index contributed by atoms with van der Waals surface area (Å²) in [4.78, 5) is 38.9. The Morgan fingerprint density at radius 1 is 1.14 bits per heavy atom. The summed E-state index contributed by atoms with van der Waals surface area (Å²) in [6.45, 7) is 3.97. The van der Waals surface area contributed by atoms with E-state index < -0.39 is 5.92 Å². The van der Waals surface area contributed by atoms with Gasteiger partial charge in [0, 0.05) is 35.3 Å². The number of anilines is 2. The molecule has 1 aliphatic heterocycles. The maximum atomic E-state index is 12.7. The number of hydrogen-bond donors (Lipinski definition) is 2. The van der Waals surface area contributed by atoms with Crippen molar-refractivity contribution in [3.05, 3.63) is 58.1 Å². The van der Waals surface area contributed by atoms with Gasteiger partial charge in [-0.25, -0.2) is 0 Å². The Morgan fingerprint density at radius 3 is 2.59 bits per heavy atom. The second-order valence-corrected chi connectivity index (χ2v) is 8.04. The second kappa shape index (κ2) is 8.84. The molecule has 29 heavy (non-hydrogen) atoms. The lowest BCUT2D eigenvalue weighted by atomic mass is 10.1. The highest BCUT2D eigenvalue weighted by Gasteiger charge is 2.35. The van der Waals surface area contributed by atoms with E-state index in [0.29, 0.717) is 27.0 Å². The van der Waals surface area contributed by atoms with Crippen molar-refractivity contribution < 1.29 is 14.4 Å². The minimum absolute atomic E-state index is 0.0156. The average molecular weight is 434 g/mol. The maximum Gasteiger partial charge on any atom is 0.251 e. The molecule has 152 valence electrons. The number of carbonyl (C=O) groups excluding carboxylic acids is 3. The number of rotatable bonds is 5. The predicted molar refractivity (Wildman–Crippen MR) is 115 cm³/mol. The maximum absolute atomic E-state index is 12.7. The van der Waals surface area contributed by atoms with Gasteiger partial charge < -0.3 is 15.5 Å². The first-order valence-electron chi connectivity index (χ1n) is 9.22. The van der Waals surface area contributed by atoms with Gasteiger partial charge in [-0.1, -0.05) is 29.3 Å². The predicted octanol–water partition coefficient (Wildman–Crippen LogP) is 4.12. The quantitative estimate of drug-likeness (QED) is 0.743.